The smallest absolute Gasteiger partial charge is 0.147 e. The summed E-state index contributed by atoms with van der Waals surface area (Å²) in [6.07, 6.45) is -0.641. The van der Waals surface area contributed by atoms with Crippen LogP contribution >= 0.6 is 0 Å². The average Bonchev–Trinajstić information content (AvgIpc) is 3.81. The molecule has 10 rings (SSSR count). The normalized spacial score (nSPS) is 12.9. The van der Waals surface area contributed by atoms with E-state index in [1.165, 1.54) is 0 Å². The summed E-state index contributed by atoms with van der Waals surface area (Å²) in [5.41, 5.74) is 10.1. The van der Waals surface area contributed by atoms with Crippen molar-refractivity contribution in [2.45, 2.75) is 53.8 Å². The van der Waals surface area contributed by atoms with Crippen LogP contribution in [0.2, 0.25) is 0 Å². The summed E-state index contributed by atoms with van der Waals surface area (Å²) in [6.45, 7) is 12.6. The van der Waals surface area contributed by atoms with Crippen molar-refractivity contribution in [1.29, 1.82) is 0 Å². The van der Waals surface area contributed by atoms with Gasteiger partial charge in [-0.3, -0.25) is 0 Å². The van der Waals surface area contributed by atoms with Crippen LogP contribution in [0.1, 0.15) is 38.8 Å². The molecular weight excluding hydrogens is 777 g/mol. The zero-order chi connectivity index (χ0) is 43.6. The molecule has 6 nitrogen and oxygen atoms in total. The molecule has 0 radical (unpaired) electrons. The van der Waals surface area contributed by atoms with E-state index in [0.29, 0.717) is 34.0 Å². The minimum Gasteiger partial charge on any atom is -0.505 e. The summed E-state index contributed by atoms with van der Waals surface area (Å²) in [5, 5.41) is 29.0. The van der Waals surface area contributed by atoms with Crippen LogP contribution < -0.4 is 9.47 Å². The number of phenols is 2. The van der Waals surface area contributed by atoms with E-state index in [2.05, 4.69) is 123 Å². The number of aromatic nitrogens is 2. The van der Waals surface area contributed by atoms with Crippen LogP contribution in [-0.4, -0.2) is 31.6 Å². The standard InChI is InChI=1S/C57H50N2O4/c1-35-31-45(55(60)51(33-35)58-47-25-13-7-19-39(47)40-20-8-14-26-48(40)58)43-23-11-17-29-53(43)62-37(3)57(5,6)38(4)63-54-30-18-12-24-44(54)46-32-36(2)34-52(56(46)61)59-49-27-15-9-21-41(49)42-22-10-16-28-50(42)59/h7-34,37-38,60-61H,1-6H3/t37-,38?/m0/s1. The highest BCUT2D eigenvalue weighted by Gasteiger charge is 2.37. The summed E-state index contributed by atoms with van der Waals surface area (Å²) in [7, 11) is 0. The van der Waals surface area contributed by atoms with Gasteiger partial charge in [0, 0.05) is 49.2 Å². The van der Waals surface area contributed by atoms with Gasteiger partial charge in [-0.1, -0.05) is 123 Å². The summed E-state index contributed by atoms with van der Waals surface area (Å²) in [6, 6.07) is 57.3. The summed E-state index contributed by atoms with van der Waals surface area (Å²) in [5.74, 6) is 1.71. The number of rotatable bonds is 10. The topological polar surface area (TPSA) is 68.8 Å². The second-order valence-corrected chi connectivity index (χ2v) is 17.4. The third-order valence-electron chi connectivity index (χ3n) is 13.2. The maximum Gasteiger partial charge on any atom is 0.147 e. The van der Waals surface area contributed by atoms with Crippen LogP contribution in [0.15, 0.2) is 170 Å². The number of nitrogens with zero attached hydrogens (tertiary/aromatic N) is 2. The highest BCUT2D eigenvalue weighted by Crippen LogP contribution is 2.46. The molecule has 0 fully saturated rings. The van der Waals surface area contributed by atoms with Crippen molar-refractivity contribution < 1.29 is 19.7 Å². The molecule has 2 heterocycles. The Bertz CT molecular complexity index is 3040. The minimum absolute atomic E-state index is 0.184. The summed E-state index contributed by atoms with van der Waals surface area (Å²) in [4.78, 5) is 0. The zero-order valence-electron chi connectivity index (χ0n) is 36.4. The number of hydrogen-bond donors (Lipinski definition) is 2. The van der Waals surface area contributed by atoms with Gasteiger partial charge in [-0.15, -0.1) is 0 Å². The lowest BCUT2D eigenvalue weighted by molar-refractivity contribution is -0.00280. The number of fused-ring (bicyclic) bond motifs is 6. The molecule has 0 saturated heterocycles. The van der Waals surface area contributed by atoms with E-state index < -0.39 is 5.41 Å². The second kappa shape index (κ2) is 15.5. The van der Waals surface area contributed by atoms with Crippen molar-refractivity contribution in [3.05, 3.63) is 181 Å². The molecule has 10 aromatic rings. The van der Waals surface area contributed by atoms with Gasteiger partial charge in [0.1, 0.15) is 35.2 Å². The Morgan fingerprint density at radius 2 is 0.714 bits per heavy atom. The van der Waals surface area contributed by atoms with Gasteiger partial charge in [-0.25, -0.2) is 0 Å². The molecule has 0 aliphatic carbocycles. The van der Waals surface area contributed by atoms with E-state index in [9.17, 15) is 10.2 Å². The first-order valence-corrected chi connectivity index (χ1v) is 21.7. The Balaban J connectivity index is 0.969. The zero-order valence-corrected chi connectivity index (χ0v) is 36.4. The van der Waals surface area contributed by atoms with Gasteiger partial charge in [-0.05, 0) is 99.5 Å². The van der Waals surface area contributed by atoms with Gasteiger partial charge >= 0.3 is 0 Å². The number of benzene rings is 8. The van der Waals surface area contributed by atoms with Crippen molar-refractivity contribution in [1.82, 2.24) is 9.13 Å². The van der Waals surface area contributed by atoms with Gasteiger partial charge in [0.2, 0.25) is 0 Å². The SMILES string of the molecule is Cc1cc(-c2ccccc2OC(C)C(C)(C)[C@H](C)Oc2ccccc2-c2cc(C)cc(-n3c4ccccc4c4ccccc43)c2O)c(O)c(-n2c3ccccc3c3ccccc32)c1. The van der Waals surface area contributed by atoms with Gasteiger partial charge in [0.25, 0.3) is 0 Å². The van der Waals surface area contributed by atoms with Gasteiger partial charge in [-0.2, -0.15) is 0 Å². The number of aromatic hydroxyl groups is 2. The molecule has 0 aliphatic rings. The highest BCUT2D eigenvalue weighted by atomic mass is 16.5. The van der Waals surface area contributed by atoms with Crippen molar-refractivity contribution in [3.8, 4) is 56.6 Å². The molecule has 63 heavy (non-hydrogen) atoms. The molecule has 2 atom stereocenters. The molecule has 0 saturated carbocycles. The van der Waals surface area contributed by atoms with Gasteiger partial charge in [0.05, 0.1) is 33.4 Å². The first-order valence-electron chi connectivity index (χ1n) is 21.7. The van der Waals surface area contributed by atoms with Crippen molar-refractivity contribution >= 4 is 43.6 Å². The van der Waals surface area contributed by atoms with Crippen LogP contribution in [0.3, 0.4) is 0 Å². The number of aryl methyl sites for hydroxylation is 2. The highest BCUT2D eigenvalue weighted by molar-refractivity contribution is 6.10. The van der Waals surface area contributed by atoms with Crippen LogP contribution in [0.4, 0.5) is 0 Å². The van der Waals surface area contributed by atoms with E-state index in [-0.39, 0.29) is 23.7 Å². The van der Waals surface area contributed by atoms with Gasteiger partial charge < -0.3 is 28.8 Å². The van der Waals surface area contributed by atoms with Crippen LogP contribution in [0.5, 0.6) is 23.0 Å². The average molecular weight is 827 g/mol. The molecule has 6 heteroatoms. The van der Waals surface area contributed by atoms with E-state index in [1.807, 2.05) is 97.1 Å². The summed E-state index contributed by atoms with van der Waals surface area (Å²) < 4.78 is 18.2. The first-order chi connectivity index (χ1) is 30.5. The van der Waals surface area contributed by atoms with Crippen LogP contribution in [0, 0.1) is 19.3 Å². The second-order valence-electron chi connectivity index (χ2n) is 17.4. The van der Waals surface area contributed by atoms with Crippen molar-refractivity contribution in [3.63, 3.8) is 0 Å². The number of ether oxygens (including phenoxy) is 2. The number of para-hydroxylation sites is 6. The monoisotopic (exact) mass is 826 g/mol. The fraction of sp³-hybridized carbons (Fsp3) is 0.158. The Labute approximate surface area is 367 Å². The molecule has 2 N–H and O–H groups in total. The molecule has 0 amide bonds. The lowest BCUT2D eigenvalue weighted by Gasteiger charge is -2.38. The van der Waals surface area contributed by atoms with E-state index in [1.54, 1.807) is 0 Å². The van der Waals surface area contributed by atoms with Crippen LogP contribution in [-0.2, 0) is 0 Å². The quantitative estimate of drug-likeness (QED) is 0.144. The Kier molecular flexibility index (Phi) is 9.75. The molecule has 0 bridgehead atoms. The largest absolute Gasteiger partial charge is 0.505 e. The summed E-state index contributed by atoms with van der Waals surface area (Å²) >= 11 is 0. The Morgan fingerprint density at radius 1 is 0.413 bits per heavy atom. The predicted molar refractivity (Wildman–Crippen MR) is 259 cm³/mol. The van der Waals surface area contributed by atoms with Crippen molar-refractivity contribution in [2.24, 2.45) is 5.41 Å². The lowest BCUT2D eigenvalue weighted by atomic mass is 9.82. The van der Waals surface area contributed by atoms with E-state index in [4.69, 9.17) is 9.47 Å². The molecular formula is C57H50N2O4. The molecule has 0 aliphatic heterocycles. The molecule has 0 spiro atoms. The molecule has 1 unspecified atom stereocenters. The molecule has 2 aromatic heterocycles. The van der Waals surface area contributed by atoms with E-state index in [0.717, 1.165) is 65.9 Å². The fourth-order valence-electron chi connectivity index (χ4n) is 9.23. The van der Waals surface area contributed by atoms with Gasteiger partial charge in [0.15, 0.2) is 0 Å². The first kappa shape index (κ1) is 39.7. The minimum atomic E-state index is -0.508. The maximum atomic E-state index is 12.2. The third kappa shape index (κ3) is 6.65. The maximum absolute atomic E-state index is 12.2. The fourth-order valence-corrected chi connectivity index (χ4v) is 9.23. The molecule has 312 valence electrons. The Morgan fingerprint density at radius 3 is 1.06 bits per heavy atom. The van der Waals surface area contributed by atoms with Crippen molar-refractivity contribution in [2.75, 3.05) is 0 Å². The Hall–Kier alpha value is -7.44. The van der Waals surface area contributed by atoms with E-state index >= 15 is 0 Å². The number of phenolic OH excluding ortho intramolecular Hbond substituents is 2. The van der Waals surface area contributed by atoms with Crippen LogP contribution in [0.25, 0.3) is 77.2 Å². The molecule has 8 aromatic carbocycles. The number of hydrogen-bond acceptors (Lipinski definition) is 4. The predicted octanol–water partition coefficient (Wildman–Crippen LogP) is 14.5. The lowest BCUT2D eigenvalue weighted by Crippen LogP contribution is -2.43. The third-order valence-corrected chi connectivity index (χ3v) is 13.2.